The number of carbonyl (C=O) groups excluding carboxylic acids is 3. The topological polar surface area (TPSA) is 108 Å². The minimum Gasteiger partial charge on any atom is -0.344 e. The van der Waals surface area contributed by atoms with Gasteiger partial charge in [-0.1, -0.05) is 57.2 Å². The quantitative estimate of drug-likeness (QED) is 0.442. The number of hydrogen-bond donors (Lipinski definition) is 3. The standard InChI is InChI=1S/C29H40FN5O3/c1-5-22(20-10-8-7-9-11-20)26(31)28(37)32-24-13-12-21(18-23(24)30)19(3)27(33-25(36)6-2)29(38)35-16-14-34(4)15-17-35/h7-13,18-19,22,26-27H,5-6,14-17,31H2,1-4H3,(H,32,37)(H,33,36)/t19-,22-,26-,27+/m0/s1. The van der Waals surface area contributed by atoms with Gasteiger partial charge >= 0.3 is 0 Å². The molecule has 3 amide bonds. The van der Waals surface area contributed by atoms with E-state index in [9.17, 15) is 14.4 Å². The minimum atomic E-state index is -0.852. The molecule has 1 fully saturated rings. The number of rotatable bonds is 10. The first-order valence-electron chi connectivity index (χ1n) is 13.3. The van der Waals surface area contributed by atoms with E-state index in [-0.39, 0.29) is 29.8 Å². The van der Waals surface area contributed by atoms with Crippen LogP contribution in [0, 0.1) is 5.82 Å². The summed E-state index contributed by atoms with van der Waals surface area (Å²) in [6, 6.07) is 12.3. The van der Waals surface area contributed by atoms with Crippen LogP contribution in [0.1, 0.15) is 56.6 Å². The molecule has 0 spiro atoms. The molecular formula is C29H40FN5O3. The molecule has 0 saturated carbocycles. The van der Waals surface area contributed by atoms with Gasteiger partial charge in [0.05, 0.1) is 11.7 Å². The van der Waals surface area contributed by atoms with Crippen molar-refractivity contribution in [3.63, 3.8) is 0 Å². The number of nitrogens with one attached hydrogen (secondary N) is 2. The number of carbonyl (C=O) groups is 3. The third kappa shape index (κ3) is 7.17. The normalized spacial score (nSPS) is 17.3. The summed E-state index contributed by atoms with van der Waals surface area (Å²) >= 11 is 0. The summed E-state index contributed by atoms with van der Waals surface area (Å²) in [5.41, 5.74) is 7.79. The lowest BCUT2D eigenvalue weighted by Crippen LogP contribution is -2.55. The maximum atomic E-state index is 15.2. The number of piperazine rings is 1. The predicted octanol–water partition coefficient (Wildman–Crippen LogP) is 3.06. The fraction of sp³-hybridized carbons (Fsp3) is 0.483. The first-order chi connectivity index (χ1) is 18.2. The van der Waals surface area contributed by atoms with Crippen LogP contribution in [0.5, 0.6) is 0 Å². The SMILES string of the molecule is CCC(=O)N[C@@H](C(=O)N1CCN(C)CC1)[C@@H](C)c1ccc(NC(=O)[C@@H](N)[C@@H](CC)c2ccccc2)c(F)c1. The molecule has 0 bridgehead atoms. The number of nitrogens with zero attached hydrogens (tertiary/aromatic N) is 2. The van der Waals surface area contributed by atoms with Crippen molar-refractivity contribution in [2.24, 2.45) is 5.73 Å². The summed E-state index contributed by atoms with van der Waals surface area (Å²) in [6.07, 6.45) is 0.893. The van der Waals surface area contributed by atoms with Gasteiger partial charge in [0.1, 0.15) is 11.9 Å². The third-order valence-corrected chi connectivity index (χ3v) is 7.40. The van der Waals surface area contributed by atoms with Crippen LogP contribution in [0.15, 0.2) is 48.5 Å². The summed E-state index contributed by atoms with van der Waals surface area (Å²) < 4.78 is 15.2. The van der Waals surface area contributed by atoms with Gasteiger partial charge in [-0.25, -0.2) is 4.39 Å². The molecule has 2 aromatic carbocycles. The lowest BCUT2D eigenvalue weighted by Gasteiger charge is -2.36. The summed E-state index contributed by atoms with van der Waals surface area (Å²) in [7, 11) is 2.00. The van der Waals surface area contributed by atoms with E-state index in [1.165, 1.54) is 12.1 Å². The highest BCUT2D eigenvalue weighted by atomic mass is 19.1. The second-order valence-corrected chi connectivity index (χ2v) is 10.00. The Morgan fingerprint density at radius 3 is 2.24 bits per heavy atom. The molecule has 0 unspecified atom stereocenters. The number of likely N-dealkylation sites (N-methyl/N-ethyl adjacent to an activating group) is 1. The van der Waals surface area contributed by atoms with E-state index in [0.29, 0.717) is 25.1 Å². The van der Waals surface area contributed by atoms with Crippen LogP contribution in [0.3, 0.4) is 0 Å². The summed E-state index contributed by atoms with van der Waals surface area (Å²) in [5.74, 6) is -2.22. The number of hydrogen-bond acceptors (Lipinski definition) is 5. The van der Waals surface area contributed by atoms with E-state index in [4.69, 9.17) is 5.73 Å². The molecule has 206 valence electrons. The first-order valence-corrected chi connectivity index (χ1v) is 13.3. The number of halogens is 1. The molecule has 1 aliphatic heterocycles. The molecule has 4 N–H and O–H groups in total. The van der Waals surface area contributed by atoms with Gasteiger partial charge in [-0.3, -0.25) is 14.4 Å². The molecule has 0 aromatic heterocycles. The summed E-state index contributed by atoms with van der Waals surface area (Å²) in [5, 5.41) is 5.46. The Morgan fingerprint density at radius 2 is 1.66 bits per heavy atom. The molecule has 2 aromatic rings. The van der Waals surface area contributed by atoms with Crippen molar-refractivity contribution in [2.45, 2.75) is 57.5 Å². The van der Waals surface area contributed by atoms with E-state index < -0.39 is 29.7 Å². The van der Waals surface area contributed by atoms with Crippen molar-refractivity contribution < 1.29 is 18.8 Å². The van der Waals surface area contributed by atoms with Gasteiger partial charge in [-0.2, -0.15) is 0 Å². The number of nitrogens with two attached hydrogens (primary N) is 1. The van der Waals surface area contributed by atoms with Crippen molar-refractivity contribution >= 4 is 23.4 Å². The van der Waals surface area contributed by atoms with E-state index in [1.807, 2.05) is 44.3 Å². The van der Waals surface area contributed by atoms with Crippen molar-refractivity contribution in [1.29, 1.82) is 0 Å². The number of amides is 3. The van der Waals surface area contributed by atoms with Crippen LogP contribution >= 0.6 is 0 Å². The van der Waals surface area contributed by atoms with Gasteiger partial charge in [0, 0.05) is 44.4 Å². The zero-order valence-corrected chi connectivity index (χ0v) is 22.7. The Kier molecular flexibility index (Phi) is 10.4. The zero-order chi connectivity index (χ0) is 27.8. The second kappa shape index (κ2) is 13.5. The van der Waals surface area contributed by atoms with Crippen molar-refractivity contribution in [1.82, 2.24) is 15.1 Å². The largest absolute Gasteiger partial charge is 0.344 e. The molecule has 1 saturated heterocycles. The Hall–Kier alpha value is -3.30. The molecular weight excluding hydrogens is 485 g/mol. The van der Waals surface area contributed by atoms with Gasteiger partial charge in [-0.15, -0.1) is 0 Å². The maximum absolute atomic E-state index is 15.2. The average Bonchev–Trinajstić information content (AvgIpc) is 2.93. The first kappa shape index (κ1) is 29.3. The van der Waals surface area contributed by atoms with Crippen molar-refractivity contribution in [2.75, 3.05) is 38.5 Å². The van der Waals surface area contributed by atoms with Crippen molar-refractivity contribution in [3.8, 4) is 0 Å². The maximum Gasteiger partial charge on any atom is 0.245 e. The zero-order valence-electron chi connectivity index (χ0n) is 22.7. The molecule has 8 nitrogen and oxygen atoms in total. The predicted molar refractivity (Wildman–Crippen MR) is 147 cm³/mol. The highest BCUT2D eigenvalue weighted by molar-refractivity contribution is 5.95. The number of benzene rings is 2. The molecule has 0 radical (unpaired) electrons. The Morgan fingerprint density at radius 1 is 1.00 bits per heavy atom. The van der Waals surface area contributed by atoms with Gasteiger partial charge in [0.15, 0.2) is 0 Å². The molecule has 4 atom stereocenters. The Bertz CT molecular complexity index is 1100. The van der Waals surface area contributed by atoms with Crippen LogP contribution in [-0.4, -0.2) is 72.8 Å². The van der Waals surface area contributed by atoms with E-state index in [0.717, 1.165) is 18.7 Å². The Balaban J connectivity index is 1.75. The molecule has 0 aliphatic carbocycles. The van der Waals surface area contributed by atoms with Crippen LogP contribution in [0.2, 0.25) is 0 Å². The Labute approximate surface area is 224 Å². The molecule has 1 aliphatic rings. The average molecular weight is 526 g/mol. The lowest BCUT2D eigenvalue weighted by atomic mass is 9.89. The molecule has 1 heterocycles. The van der Waals surface area contributed by atoms with Crippen LogP contribution in [-0.2, 0) is 14.4 Å². The smallest absolute Gasteiger partial charge is 0.245 e. The summed E-state index contributed by atoms with van der Waals surface area (Å²) in [4.78, 5) is 42.4. The fourth-order valence-electron chi connectivity index (χ4n) is 4.80. The highest BCUT2D eigenvalue weighted by Crippen LogP contribution is 2.27. The van der Waals surface area contributed by atoms with Crippen LogP contribution in [0.4, 0.5) is 10.1 Å². The highest BCUT2D eigenvalue weighted by Gasteiger charge is 2.33. The van der Waals surface area contributed by atoms with Gasteiger partial charge < -0.3 is 26.2 Å². The molecule has 38 heavy (non-hydrogen) atoms. The monoisotopic (exact) mass is 525 g/mol. The van der Waals surface area contributed by atoms with E-state index in [1.54, 1.807) is 24.8 Å². The third-order valence-electron chi connectivity index (χ3n) is 7.40. The summed E-state index contributed by atoms with van der Waals surface area (Å²) in [6.45, 7) is 8.12. The van der Waals surface area contributed by atoms with Crippen LogP contribution in [0.25, 0.3) is 0 Å². The fourth-order valence-corrected chi connectivity index (χ4v) is 4.80. The van der Waals surface area contributed by atoms with Gasteiger partial charge in [0.25, 0.3) is 0 Å². The van der Waals surface area contributed by atoms with Crippen molar-refractivity contribution in [3.05, 3.63) is 65.5 Å². The molecule has 3 rings (SSSR count). The number of anilines is 1. The van der Waals surface area contributed by atoms with Gasteiger partial charge in [0.2, 0.25) is 17.7 Å². The van der Waals surface area contributed by atoms with Gasteiger partial charge in [-0.05, 0) is 36.7 Å². The lowest BCUT2D eigenvalue weighted by molar-refractivity contribution is -0.138. The molecule has 9 heteroatoms. The van der Waals surface area contributed by atoms with E-state index >= 15 is 4.39 Å². The minimum absolute atomic E-state index is 0.0175. The van der Waals surface area contributed by atoms with Crippen LogP contribution < -0.4 is 16.4 Å². The second-order valence-electron chi connectivity index (χ2n) is 10.00. The van der Waals surface area contributed by atoms with E-state index in [2.05, 4.69) is 15.5 Å².